The standard InChI is InChI=1S/C11H24N2/c1-6-11(4)8-12-10(9(2)3)7-13(11)5/h9-10,12H,6-8H2,1-5H3. The molecule has 1 N–H and O–H groups in total. The van der Waals surface area contributed by atoms with Crippen LogP contribution in [-0.2, 0) is 0 Å². The quantitative estimate of drug-likeness (QED) is 0.703. The molecule has 1 aliphatic heterocycles. The molecule has 0 aromatic rings. The third kappa shape index (κ3) is 2.23. The smallest absolute Gasteiger partial charge is 0.0300 e. The summed E-state index contributed by atoms with van der Waals surface area (Å²) >= 11 is 0. The van der Waals surface area contributed by atoms with E-state index in [4.69, 9.17) is 0 Å². The van der Waals surface area contributed by atoms with Gasteiger partial charge in [-0.25, -0.2) is 0 Å². The lowest BCUT2D eigenvalue weighted by atomic mass is 9.90. The molecule has 0 spiro atoms. The van der Waals surface area contributed by atoms with Crippen molar-refractivity contribution in [2.24, 2.45) is 5.92 Å². The summed E-state index contributed by atoms with van der Waals surface area (Å²) in [5, 5.41) is 3.65. The number of hydrogen-bond acceptors (Lipinski definition) is 2. The summed E-state index contributed by atoms with van der Waals surface area (Å²) in [6, 6.07) is 0.671. The van der Waals surface area contributed by atoms with E-state index in [9.17, 15) is 0 Å². The monoisotopic (exact) mass is 184 g/mol. The van der Waals surface area contributed by atoms with Gasteiger partial charge in [0.15, 0.2) is 0 Å². The summed E-state index contributed by atoms with van der Waals surface area (Å²) in [5.74, 6) is 0.740. The minimum absolute atomic E-state index is 0.366. The Morgan fingerprint density at radius 3 is 2.54 bits per heavy atom. The highest BCUT2D eigenvalue weighted by Gasteiger charge is 2.34. The molecule has 13 heavy (non-hydrogen) atoms. The van der Waals surface area contributed by atoms with Gasteiger partial charge in [0.05, 0.1) is 0 Å². The Kier molecular flexibility index (Phi) is 3.36. The van der Waals surface area contributed by atoms with Crippen molar-refractivity contribution in [2.45, 2.75) is 45.7 Å². The highest BCUT2D eigenvalue weighted by Crippen LogP contribution is 2.22. The predicted octanol–water partition coefficient (Wildman–Crippen LogP) is 1.71. The SMILES string of the molecule is CCC1(C)CNC(C(C)C)CN1C. The maximum Gasteiger partial charge on any atom is 0.0300 e. The first kappa shape index (κ1) is 11.0. The Balaban J connectivity index is 2.56. The van der Waals surface area contributed by atoms with Crippen LogP contribution >= 0.6 is 0 Å². The van der Waals surface area contributed by atoms with Gasteiger partial charge in [0.1, 0.15) is 0 Å². The number of hydrogen-bond donors (Lipinski definition) is 1. The van der Waals surface area contributed by atoms with Crippen LogP contribution in [0.25, 0.3) is 0 Å². The third-order valence-corrected chi connectivity index (χ3v) is 3.70. The predicted molar refractivity (Wildman–Crippen MR) is 58.0 cm³/mol. The van der Waals surface area contributed by atoms with Crippen LogP contribution in [0.2, 0.25) is 0 Å². The fraction of sp³-hybridized carbons (Fsp3) is 1.00. The molecule has 0 bridgehead atoms. The number of nitrogens with one attached hydrogen (secondary N) is 1. The second-order valence-electron chi connectivity index (χ2n) is 4.96. The van der Waals surface area contributed by atoms with E-state index in [1.54, 1.807) is 0 Å². The van der Waals surface area contributed by atoms with Gasteiger partial charge < -0.3 is 5.32 Å². The van der Waals surface area contributed by atoms with E-state index in [2.05, 4.69) is 45.0 Å². The van der Waals surface area contributed by atoms with Crippen molar-refractivity contribution in [3.8, 4) is 0 Å². The van der Waals surface area contributed by atoms with E-state index in [0.29, 0.717) is 11.6 Å². The van der Waals surface area contributed by atoms with Crippen LogP contribution in [0.1, 0.15) is 34.1 Å². The lowest BCUT2D eigenvalue weighted by molar-refractivity contribution is 0.0636. The molecule has 0 saturated carbocycles. The van der Waals surface area contributed by atoms with Crippen molar-refractivity contribution >= 4 is 0 Å². The molecule has 0 radical (unpaired) electrons. The Bertz CT molecular complexity index is 167. The van der Waals surface area contributed by atoms with E-state index >= 15 is 0 Å². The molecule has 0 aliphatic carbocycles. The van der Waals surface area contributed by atoms with Gasteiger partial charge >= 0.3 is 0 Å². The molecule has 1 aliphatic rings. The van der Waals surface area contributed by atoms with Crippen LogP contribution in [0.15, 0.2) is 0 Å². The fourth-order valence-corrected chi connectivity index (χ4v) is 1.91. The van der Waals surface area contributed by atoms with Gasteiger partial charge in [0.25, 0.3) is 0 Å². The maximum absolute atomic E-state index is 3.65. The molecule has 2 nitrogen and oxygen atoms in total. The molecule has 0 aromatic heterocycles. The Morgan fingerprint density at radius 1 is 1.54 bits per heavy atom. The first-order chi connectivity index (χ1) is 5.99. The Hall–Kier alpha value is -0.0800. The van der Waals surface area contributed by atoms with Crippen LogP contribution in [0.5, 0.6) is 0 Å². The van der Waals surface area contributed by atoms with Gasteiger partial charge in [-0.05, 0) is 26.3 Å². The molecule has 2 unspecified atom stereocenters. The molecule has 0 amide bonds. The topological polar surface area (TPSA) is 15.3 Å². The molecule has 1 saturated heterocycles. The maximum atomic E-state index is 3.65. The number of likely N-dealkylation sites (N-methyl/N-ethyl adjacent to an activating group) is 1. The van der Waals surface area contributed by atoms with Gasteiger partial charge in [-0.3, -0.25) is 4.90 Å². The number of rotatable bonds is 2. The molecule has 78 valence electrons. The fourth-order valence-electron chi connectivity index (χ4n) is 1.91. The molecular formula is C11H24N2. The highest BCUT2D eigenvalue weighted by atomic mass is 15.2. The van der Waals surface area contributed by atoms with Crippen LogP contribution in [0.4, 0.5) is 0 Å². The molecule has 2 heteroatoms. The third-order valence-electron chi connectivity index (χ3n) is 3.70. The molecule has 2 atom stereocenters. The van der Waals surface area contributed by atoms with Crippen LogP contribution in [0.3, 0.4) is 0 Å². The van der Waals surface area contributed by atoms with E-state index in [1.807, 2.05) is 0 Å². The lowest BCUT2D eigenvalue weighted by Crippen LogP contribution is -2.62. The molecule has 1 heterocycles. The van der Waals surface area contributed by atoms with Crippen molar-refractivity contribution in [3.63, 3.8) is 0 Å². The zero-order valence-electron chi connectivity index (χ0n) is 9.72. The number of piperazine rings is 1. The molecule has 1 fully saturated rings. The summed E-state index contributed by atoms with van der Waals surface area (Å²) in [7, 11) is 2.25. The van der Waals surface area contributed by atoms with Gasteiger partial charge in [-0.15, -0.1) is 0 Å². The van der Waals surface area contributed by atoms with Crippen LogP contribution in [-0.4, -0.2) is 36.6 Å². The van der Waals surface area contributed by atoms with Crippen molar-refractivity contribution in [2.75, 3.05) is 20.1 Å². The average molecular weight is 184 g/mol. The first-order valence-electron chi connectivity index (χ1n) is 5.44. The molecule has 1 rings (SSSR count). The summed E-state index contributed by atoms with van der Waals surface area (Å²) in [4.78, 5) is 2.51. The first-order valence-corrected chi connectivity index (χ1v) is 5.44. The lowest BCUT2D eigenvalue weighted by Gasteiger charge is -2.47. The van der Waals surface area contributed by atoms with E-state index in [0.717, 1.165) is 12.5 Å². The Labute approximate surface area is 82.7 Å². The molecule has 0 aromatic carbocycles. The minimum atomic E-state index is 0.366. The molecular weight excluding hydrogens is 160 g/mol. The summed E-state index contributed by atoms with van der Waals surface area (Å²) in [6.07, 6.45) is 1.22. The normalized spacial score (nSPS) is 36.9. The van der Waals surface area contributed by atoms with Crippen molar-refractivity contribution in [3.05, 3.63) is 0 Å². The highest BCUT2D eigenvalue weighted by molar-refractivity contribution is 4.94. The van der Waals surface area contributed by atoms with Crippen molar-refractivity contribution in [1.29, 1.82) is 0 Å². The average Bonchev–Trinajstić information content (AvgIpc) is 2.09. The van der Waals surface area contributed by atoms with E-state index < -0.39 is 0 Å². The van der Waals surface area contributed by atoms with Crippen molar-refractivity contribution in [1.82, 2.24) is 10.2 Å². The Morgan fingerprint density at radius 2 is 2.15 bits per heavy atom. The van der Waals surface area contributed by atoms with Gasteiger partial charge in [-0.1, -0.05) is 20.8 Å². The zero-order valence-corrected chi connectivity index (χ0v) is 9.72. The summed E-state index contributed by atoms with van der Waals surface area (Å²) in [6.45, 7) is 11.5. The van der Waals surface area contributed by atoms with E-state index in [1.165, 1.54) is 13.0 Å². The van der Waals surface area contributed by atoms with Crippen molar-refractivity contribution < 1.29 is 0 Å². The van der Waals surface area contributed by atoms with E-state index in [-0.39, 0.29) is 0 Å². The van der Waals surface area contributed by atoms with Crippen LogP contribution < -0.4 is 5.32 Å². The second-order valence-corrected chi connectivity index (χ2v) is 4.96. The van der Waals surface area contributed by atoms with Gasteiger partial charge in [0, 0.05) is 24.7 Å². The summed E-state index contributed by atoms with van der Waals surface area (Å²) in [5.41, 5.74) is 0.366. The number of nitrogens with zero attached hydrogens (tertiary/aromatic N) is 1. The van der Waals surface area contributed by atoms with Gasteiger partial charge in [-0.2, -0.15) is 0 Å². The summed E-state index contributed by atoms with van der Waals surface area (Å²) < 4.78 is 0. The zero-order chi connectivity index (χ0) is 10.1. The minimum Gasteiger partial charge on any atom is -0.311 e. The van der Waals surface area contributed by atoms with Crippen LogP contribution in [0, 0.1) is 5.92 Å². The largest absolute Gasteiger partial charge is 0.311 e. The second kappa shape index (κ2) is 3.97. The van der Waals surface area contributed by atoms with Gasteiger partial charge in [0.2, 0.25) is 0 Å².